The zero-order valence-corrected chi connectivity index (χ0v) is 18.6. The van der Waals surface area contributed by atoms with E-state index in [4.69, 9.17) is 18.3 Å². The van der Waals surface area contributed by atoms with Crippen LogP contribution < -0.4 is 5.32 Å². The molecule has 1 N–H and O–H groups in total. The van der Waals surface area contributed by atoms with Crippen LogP contribution in [0.15, 0.2) is 60.7 Å². The Balaban J connectivity index is 1.84. The fraction of sp³-hybridized carbons (Fsp3) is 0.409. The number of hydrogen-bond donors (Lipinski definition) is 1. The third-order valence-electron chi connectivity index (χ3n) is 3.68. The average Bonchev–Trinajstić information content (AvgIpc) is 2.71. The first-order chi connectivity index (χ1) is 14.3. The van der Waals surface area contributed by atoms with Gasteiger partial charge in [-0.2, -0.15) is 0 Å². The number of hydrogen-bond acceptors (Lipinski definition) is 7. The van der Waals surface area contributed by atoms with Gasteiger partial charge in [-0.05, 0) is 31.9 Å². The predicted molar refractivity (Wildman–Crippen MR) is 115 cm³/mol. The van der Waals surface area contributed by atoms with Crippen molar-refractivity contribution in [1.82, 2.24) is 5.32 Å². The van der Waals surface area contributed by atoms with Gasteiger partial charge in [0.05, 0.1) is 26.4 Å². The number of carbonyl (C=O) groups is 1. The molecule has 0 aliphatic heterocycles. The molecule has 30 heavy (non-hydrogen) atoms. The van der Waals surface area contributed by atoms with Crippen molar-refractivity contribution in [1.29, 1.82) is 0 Å². The van der Waals surface area contributed by atoms with Gasteiger partial charge in [0.15, 0.2) is 0 Å². The van der Waals surface area contributed by atoms with Crippen LogP contribution in [0.4, 0.5) is 0 Å². The number of ether oxygens (including phenoxy) is 1. The van der Waals surface area contributed by atoms with Crippen molar-refractivity contribution >= 4 is 13.8 Å². The van der Waals surface area contributed by atoms with Gasteiger partial charge in [0.1, 0.15) is 5.60 Å². The molecule has 0 atom stereocenters. The highest BCUT2D eigenvalue weighted by Crippen LogP contribution is 2.50. The van der Waals surface area contributed by atoms with E-state index in [9.17, 15) is 9.36 Å². The van der Waals surface area contributed by atoms with Crippen LogP contribution >= 0.6 is 7.82 Å². The summed E-state index contributed by atoms with van der Waals surface area (Å²) in [4.78, 5) is 11.7. The molecule has 0 unspecified atom stereocenters. The van der Waals surface area contributed by atoms with Gasteiger partial charge < -0.3 is 10.1 Å². The molecule has 0 heterocycles. The fourth-order valence-corrected chi connectivity index (χ4v) is 3.52. The van der Waals surface area contributed by atoms with Gasteiger partial charge in [-0.15, -0.1) is 0 Å². The summed E-state index contributed by atoms with van der Waals surface area (Å²) in [6.07, 6.45) is 0. The molecule has 8 heteroatoms. The lowest BCUT2D eigenvalue weighted by molar-refractivity contribution is -0.153. The largest absolute Gasteiger partial charge is 0.475 e. The van der Waals surface area contributed by atoms with E-state index < -0.39 is 13.4 Å². The van der Waals surface area contributed by atoms with E-state index in [1.54, 1.807) is 20.8 Å². The summed E-state index contributed by atoms with van der Waals surface area (Å²) in [6, 6.07) is 18.7. The van der Waals surface area contributed by atoms with Crippen molar-refractivity contribution in [3.63, 3.8) is 0 Å². The molecule has 0 aromatic heterocycles. The van der Waals surface area contributed by atoms with E-state index in [1.807, 2.05) is 60.7 Å². The van der Waals surface area contributed by atoms with Crippen LogP contribution in [-0.2, 0) is 40.9 Å². The Morgan fingerprint density at radius 3 is 1.83 bits per heavy atom. The van der Waals surface area contributed by atoms with Crippen LogP contribution in [0.1, 0.15) is 31.9 Å². The molecule has 164 valence electrons. The first-order valence-electron chi connectivity index (χ1n) is 9.80. The van der Waals surface area contributed by atoms with Crippen molar-refractivity contribution in [2.45, 2.75) is 39.6 Å². The van der Waals surface area contributed by atoms with E-state index in [1.165, 1.54) is 0 Å². The average molecular weight is 435 g/mol. The molecule has 2 rings (SSSR count). The van der Waals surface area contributed by atoms with E-state index in [0.29, 0.717) is 0 Å². The van der Waals surface area contributed by atoms with Crippen LogP contribution in [0, 0.1) is 0 Å². The maximum atomic E-state index is 13.1. The molecule has 0 aliphatic rings. The quantitative estimate of drug-likeness (QED) is 0.299. The summed E-state index contributed by atoms with van der Waals surface area (Å²) in [5, 5.41) is 2.90. The molecule has 0 spiro atoms. The Kier molecular flexibility index (Phi) is 9.69. The van der Waals surface area contributed by atoms with Crippen LogP contribution in [-0.4, -0.2) is 31.3 Å². The molecule has 0 aliphatic carbocycles. The van der Waals surface area contributed by atoms with Gasteiger partial charge in [0.2, 0.25) is 0 Å². The van der Waals surface area contributed by atoms with Crippen LogP contribution in [0.2, 0.25) is 0 Å². The van der Waals surface area contributed by atoms with Crippen LogP contribution in [0.25, 0.3) is 0 Å². The number of phosphoric ester groups is 1. The molecular formula is C22H30NO6P. The second kappa shape index (κ2) is 12.0. The van der Waals surface area contributed by atoms with E-state index in [-0.39, 0.29) is 38.9 Å². The minimum Gasteiger partial charge on any atom is -0.459 e. The van der Waals surface area contributed by atoms with Crippen LogP contribution in [0.3, 0.4) is 0 Å². The van der Waals surface area contributed by atoms with E-state index >= 15 is 0 Å². The molecule has 0 bridgehead atoms. The Hall–Kier alpha value is -2.02. The minimum atomic E-state index is -3.80. The highest BCUT2D eigenvalue weighted by Gasteiger charge is 2.27. The zero-order chi connectivity index (χ0) is 21.9. The number of esters is 1. The summed E-state index contributed by atoms with van der Waals surface area (Å²) in [6.45, 7) is 5.96. The summed E-state index contributed by atoms with van der Waals surface area (Å²) < 4.78 is 34.8. The van der Waals surface area contributed by atoms with Gasteiger partial charge in [-0.3, -0.25) is 18.4 Å². The van der Waals surface area contributed by atoms with Gasteiger partial charge in [-0.1, -0.05) is 60.7 Å². The first-order valence-corrected chi connectivity index (χ1v) is 11.3. The Bertz CT molecular complexity index is 760. The van der Waals surface area contributed by atoms with Crippen LogP contribution in [0.5, 0.6) is 0 Å². The van der Waals surface area contributed by atoms with Crippen molar-refractivity contribution in [3.8, 4) is 0 Å². The van der Waals surface area contributed by atoms with E-state index in [2.05, 4.69) is 5.32 Å². The van der Waals surface area contributed by atoms with Gasteiger partial charge in [0, 0.05) is 6.54 Å². The summed E-state index contributed by atoms with van der Waals surface area (Å²) >= 11 is 0. The lowest BCUT2D eigenvalue weighted by atomic mass is 10.2. The first kappa shape index (κ1) is 24.3. The lowest BCUT2D eigenvalue weighted by Crippen LogP contribution is -2.32. The SMILES string of the molecule is CC(C)(C)OC(=O)CNCCOP(=O)(OCc1ccccc1)OCc1ccccc1. The van der Waals surface area contributed by atoms with Crippen molar-refractivity contribution < 1.29 is 27.7 Å². The smallest absolute Gasteiger partial charge is 0.459 e. The number of rotatable bonds is 12. The second-order valence-corrected chi connectivity index (χ2v) is 9.23. The minimum absolute atomic E-state index is 0.0284. The number of benzene rings is 2. The molecule has 0 saturated carbocycles. The standard InChI is InChI=1S/C22H30NO6P/c1-22(2,3)29-21(24)16-23-14-15-26-30(25,27-17-19-10-6-4-7-11-19)28-18-20-12-8-5-9-13-20/h4-13,23H,14-18H2,1-3H3. The third kappa shape index (κ3) is 10.1. The Morgan fingerprint density at radius 2 is 1.37 bits per heavy atom. The van der Waals surface area contributed by atoms with Crippen molar-refractivity contribution in [2.24, 2.45) is 0 Å². The zero-order valence-electron chi connectivity index (χ0n) is 17.7. The lowest BCUT2D eigenvalue weighted by Gasteiger charge is -2.20. The van der Waals surface area contributed by atoms with Crippen molar-refractivity contribution in [3.05, 3.63) is 71.8 Å². The number of nitrogens with one attached hydrogen (secondary N) is 1. The second-order valence-electron chi connectivity index (χ2n) is 7.56. The molecule has 7 nitrogen and oxygen atoms in total. The third-order valence-corrected chi connectivity index (χ3v) is 5.07. The maximum absolute atomic E-state index is 13.1. The highest BCUT2D eigenvalue weighted by molar-refractivity contribution is 7.48. The molecule has 0 amide bonds. The normalized spacial score (nSPS) is 12.0. The number of carbonyl (C=O) groups excluding carboxylic acids is 1. The number of phosphoric acid groups is 1. The highest BCUT2D eigenvalue weighted by atomic mass is 31.2. The molecular weight excluding hydrogens is 405 g/mol. The fourth-order valence-electron chi connectivity index (χ4n) is 2.37. The molecule has 2 aromatic rings. The topological polar surface area (TPSA) is 83.1 Å². The molecule has 0 saturated heterocycles. The van der Waals surface area contributed by atoms with Gasteiger partial charge in [-0.25, -0.2) is 4.57 Å². The predicted octanol–water partition coefficient (Wildman–Crippen LogP) is 4.48. The van der Waals surface area contributed by atoms with Gasteiger partial charge in [0.25, 0.3) is 0 Å². The van der Waals surface area contributed by atoms with Crippen molar-refractivity contribution in [2.75, 3.05) is 19.7 Å². The summed E-state index contributed by atoms with van der Waals surface area (Å²) in [5.41, 5.74) is 1.17. The molecule has 2 aromatic carbocycles. The summed E-state index contributed by atoms with van der Waals surface area (Å²) in [7, 11) is -3.80. The maximum Gasteiger partial charge on any atom is 0.475 e. The summed E-state index contributed by atoms with van der Waals surface area (Å²) in [5.74, 6) is -0.369. The monoisotopic (exact) mass is 435 g/mol. The van der Waals surface area contributed by atoms with E-state index in [0.717, 1.165) is 11.1 Å². The molecule has 0 fully saturated rings. The molecule has 0 radical (unpaired) electrons. The Morgan fingerprint density at radius 1 is 0.867 bits per heavy atom. The Labute approximate surface area is 178 Å². The van der Waals surface area contributed by atoms with Gasteiger partial charge >= 0.3 is 13.8 Å².